The molecule has 22 heavy (non-hydrogen) atoms. The van der Waals surface area contributed by atoms with E-state index >= 15 is 0 Å². The van der Waals surface area contributed by atoms with Gasteiger partial charge in [0.2, 0.25) is 10.0 Å². The number of halogens is 3. The fourth-order valence-electron chi connectivity index (χ4n) is 2.87. The highest BCUT2D eigenvalue weighted by molar-refractivity contribution is 7.90. The van der Waals surface area contributed by atoms with E-state index in [0.717, 1.165) is 12.8 Å². The number of alkyl halides is 3. The molecule has 0 spiro atoms. The molecule has 0 unspecified atom stereocenters. The van der Waals surface area contributed by atoms with Gasteiger partial charge >= 0.3 is 6.18 Å². The van der Waals surface area contributed by atoms with Gasteiger partial charge in [0.15, 0.2) is 5.69 Å². The van der Waals surface area contributed by atoms with Crippen LogP contribution in [0.25, 0.3) is 0 Å². The lowest BCUT2D eigenvalue weighted by Crippen LogP contribution is -2.31. The van der Waals surface area contributed by atoms with E-state index in [1.807, 2.05) is 0 Å². The summed E-state index contributed by atoms with van der Waals surface area (Å²) in [4.78, 5) is 0. The van der Waals surface area contributed by atoms with Crippen LogP contribution < -0.4 is 4.72 Å². The van der Waals surface area contributed by atoms with Crippen molar-refractivity contribution in [1.82, 2.24) is 14.5 Å². The van der Waals surface area contributed by atoms with Gasteiger partial charge in [0.25, 0.3) is 0 Å². The topological polar surface area (TPSA) is 64.0 Å². The monoisotopic (exact) mass is 337 g/mol. The van der Waals surface area contributed by atoms with Gasteiger partial charge in [-0.15, -0.1) is 0 Å². The second kappa shape index (κ2) is 5.52. The second-order valence-electron chi connectivity index (χ2n) is 5.84. The van der Waals surface area contributed by atoms with E-state index in [4.69, 9.17) is 0 Å². The molecule has 0 aromatic carbocycles. The number of hydrogen-bond donors (Lipinski definition) is 1. The van der Waals surface area contributed by atoms with E-state index in [0.29, 0.717) is 31.4 Å². The molecule has 1 saturated carbocycles. The van der Waals surface area contributed by atoms with Gasteiger partial charge in [-0.1, -0.05) is 0 Å². The summed E-state index contributed by atoms with van der Waals surface area (Å²) in [5.41, 5.74) is 0.0697. The van der Waals surface area contributed by atoms with E-state index in [-0.39, 0.29) is 23.9 Å². The molecule has 5 nitrogen and oxygen atoms in total. The Kier molecular flexibility index (Phi) is 3.96. The third kappa shape index (κ3) is 3.15. The Labute approximate surface area is 126 Å². The molecule has 2 aliphatic rings. The zero-order valence-corrected chi connectivity index (χ0v) is 12.8. The first-order valence-electron chi connectivity index (χ1n) is 7.43. The van der Waals surface area contributed by atoms with E-state index in [9.17, 15) is 21.6 Å². The summed E-state index contributed by atoms with van der Waals surface area (Å²) < 4.78 is 66.3. The van der Waals surface area contributed by atoms with Crippen LogP contribution in [0.1, 0.15) is 42.6 Å². The summed E-state index contributed by atoms with van der Waals surface area (Å²) in [6.45, 7) is 0.203. The minimum absolute atomic E-state index is 0.0737. The molecular formula is C13H18F3N3O2S. The van der Waals surface area contributed by atoms with Gasteiger partial charge < -0.3 is 0 Å². The van der Waals surface area contributed by atoms with Crippen molar-refractivity contribution in [3.8, 4) is 0 Å². The van der Waals surface area contributed by atoms with E-state index in [1.165, 1.54) is 4.68 Å². The van der Waals surface area contributed by atoms with Gasteiger partial charge in [0.1, 0.15) is 0 Å². The summed E-state index contributed by atoms with van der Waals surface area (Å²) in [7, 11) is -3.31. The lowest BCUT2D eigenvalue weighted by Gasteiger charge is -2.15. The normalized spacial score (nSPS) is 19.2. The SMILES string of the molecule is O=S(=O)(NCCn1nc(C(F)(F)F)c2c1CCCC2)C1CC1. The summed E-state index contributed by atoms with van der Waals surface area (Å²) in [6.07, 6.45) is -0.624. The predicted octanol–water partition coefficient (Wildman–Crippen LogP) is 1.86. The van der Waals surface area contributed by atoms with Gasteiger partial charge in [-0.3, -0.25) is 4.68 Å². The molecule has 0 atom stereocenters. The van der Waals surface area contributed by atoms with E-state index in [1.54, 1.807) is 0 Å². The highest BCUT2D eigenvalue weighted by Gasteiger charge is 2.39. The standard InChI is InChI=1S/C13H18F3N3O2S/c14-13(15,16)12-10-3-1-2-4-11(10)19(18-12)8-7-17-22(20,21)9-5-6-9/h9,17H,1-8H2. The van der Waals surface area contributed by atoms with Gasteiger partial charge in [-0.25, -0.2) is 13.1 Å². The third-order valence-electron chi connectivity index (χ3n) is 4.12. The zero-order valence-electron chi connectivity index (χ0n) is 12.0. The van der Waals surface area contributed by atoms with Crippen LogP contribution in [0.5, 0.6) is 0 Å². The van der Waals surface area contributed by atoms with Gasteiger partial charge in [-0.05, 0) is 38.5 Å². The van der Waals surface area contributed by atoms with Crippen molar-refractivity contribution in [2.45, 2.75) is 56.5 Å². The molecule has 3 rings (SSSR count). The fraction of sp³-hybridized carbons (Fsp3) is 0.769. The van der Waals surface area contributed by atoms with Gasteiger partial charge in [0, 0.05) is 17.8 Å². The van der Waals surface area contributed by atoms with Crippen LogP contribution >= 0.6 is 0 Å². The molecule has 1 aromatic heterocycles. The molecule has 1 aromatic rings. The maximum atomic E-state index is 13.0. The maximum Gasteiger partial charge on any atom is 0.435 e. The van der Waals surface area contributed by atoms with Gasteiger partial charge in [0.05, 0.1) is 11.8 Å². The molecule has 0 aliphatic heterocycles. The van der Waals surface area contributed by atoms with E-state index in [2.05, 4.69) is 9.82 Å². The Morgan fingerprint density at radius 2 is 1.91 bits per heavy atom. The first kappa shape index (κ1) is 15.8. The number of aromatic nitrogens is 2. The highest BCUT2D eigenvalue weighted by atomic mass is 32.2. The van der Waals surface area contributed by atoms with Gasteiger partial charge in [-0.2, -0.15) is 18.3 Å². The molecular weight excluding hydrogens is 319 g/mol. The Morgan fingerprint density at radius 3 is 2.55 bits per heavy atom. The predicted molar refractivity (Wildman–Crippen MR) is 73.8 cm³/mol. The van der Waals surface area contributed by atoms with Crippen molar-refractivity contribution in [3.63, 3.8) is 0 Å². The average molecular weight is 337 g/mol. The van der Waals surface area contributed by atoms with Crippen molar-refractivity contribution in [1.29, 1.82) is 0 Å². The minimum Gasteiger partial charge on any atom is -0.267 e. The van der Waals surface area contributed by atoms with Crippen LogP contribution in [0.2, 0.25) is 0 Å². The molecule has 0 radical (unpaired) electrons. The quantitative estimate of drug-likeness (QED) is 0.892. The summed E-state index contributed by atoms with van der Waals surface area (Å²) in [5, 5.41) is 3.37. The Hall–Kier alpha value is -1.09. The molecule has 0 bridgehead atoms. The average Bonchev–Trinajstić information content (AvgIpc) is 3.22. The number of nitrogens with zero attached hydrogens (tertiary/aromatic N) is 2. The second-order valence-corrected chi connectivity index (χ2v) is 7.89. The van der Waals surface area contributed by atoms with Crippen molar-refractivity contribution in [2.24, 2.45) is 0 Å². The van der Waals surface area contributed by atoms with Crippen LogP contribution in [-0.4, -0.2) is 30.0 Å². The highest BCUT2D eigenvalue weighted by Crippen LogP contribution is 2.35. The molecule has 0 saturated heterocycles. The van der Waals surface area contributed by atoms with Crippen LogP contribution in [0, 0.1) is 0 Å². The lowest BCUT2D eigenvalue weighted by molar-refractivity contribution is -0.142. The Morgan fingerprint density at radius 1 is 1.23 bits per heavy atom. The molecule has 1 fully saturated rings. The zero-order chi connectivity index (χ0) is 16.0. The molecule has 2 aliphatic carbocycles. The van der Waals surface area contributed by atoms with Crippen molar-refractivity contribution < 1.29 is 21.6 Å². The Bertz CT molecular complexity index is 663. The molecule has 1 heterocycles. The number of hydrogen-bond acceptors (Lipinski definition) is 3. The first-order valence-corrected chi connectivity index (χ1v) is 8.98. The summed E-state index contributed by atoms with van der Waals surface area (Å²) in [6, 6.07) is 0. The fourth-order valence-corrected chi connectivity index (χ4v) is 4.24. The number of nitrogens with one attached hydrogen (secondary N) is 1. The Balaban J connectivity index is 1.74. The third-order valence-corrected chi connectivity index (χ3v) is 6.07. The minimum atomic E-state index is -4.46. The lowest BCUT2D eigenvalue weighted by atomic mass is 9.95. The van der Waals surface area contributed by atoms with E-state index < -0.39 is 21.9 Å². The molecule has 1 N–H and O–H groups in total. The van der Waals surface area contributed by atoms with Crippen molar-refractivity contribution >= 4 is 10.0 Å². The smallest absolute Gasteiger partial charge is 0.267 e. The summed E-state index contributed by atoms with van der Waals surface area (Å²) in [5.74, 6) is 0. The molecule has 9 heteroatoms. The number of fused-ring (bicyclic) bond motifs is 1. The largest absolute Gasteiger partial charge is 0.435 e. The van der Waals surface area contributed by atoms with Crippen molar-refractivity contribution in [3.05, 3.63) is 17.0 Å². The van der Waals surface area contributed by atoms with Crippen LogP contribution in [0.4, 0.5) is 13.2 Å². The molecule has 0 amide bonds. The first-order chi connectivity index (χ1) is 10.3. The number of sulfonamides is 1. The van der Waals surface area contributed by atoms with Crippen LogP contribution in [-0.2, 0) is 35.6 Å². The number of rotatable bonds is 5. The summed E-state index contributed by atoms with van der Waals surface area (Å²) >= 11 is 0. The molecule has 124 valence electrons. The van der Waals surface area contributed by atoms with Crippen molar-refractivity contribution in [2.75, 3.05) is 6.54 Å². The maximum absolute atomic E-state index is 13.0. The van der Waals surface area contributed by atoms with Crippen LogP contribution in [0.15, 0.2) is 0 Å². The van der Waals surface area contributed by atoms with Crippen LogP contribution in [0.3, 0.4) is 0 Å².